The van der Waals surface area contributed by atoms with Gasteiger partial charge in [-0.1, -0.05) is 60.7 Å². The molecule has 0 spiro atoms. The highest BCUT2D eigenvalue weighted by Crippen LogP contribution is 2.39. The van der Waals surface area contributed by atoms with Crippen molar-refractivity contribution >= 4 is 28.9 Å². The minimum atomic E-state index is -1.73. The van der Waals surface area contributed by atoms with E-state index in [-0.39, 0.29) is 0 Å². The van der Waals surface area contributed by atoms with Gasteiger partial charge in [0.05, 0.1) is 6.42 Å². The number of aliphatic hydroxyl groups excluding tert-OH is 1. The zero-order chi connectivity index (χ0) is 23.9. The first-order valence-electron chi connectivity index (χ1n) is 10.7. The molecule has 1 amide bonds. The zero-order valence-corrected chi connectivity index (χ0v) is 19.0. The largest absolute Gasteiger partial charge is 0.488 e. The van der Waals surface area contributed by atoms with E-state index in [0.717, 1.165) is 21.6 Å². The van der Waals surface area contributed by atoms with Crippen LogP contribution in [0.15, 0.2) is 91.0 Å². The summed E-state index contributed by atoms with van der Waals surface area (Å²) in [6, 6.07) is 29.5. The Kier molecular flexibility index (Phi) is 7.37. The molecule has 1 aromatic heterocycles. The summed E-state index contributed by atoms with van der Waals surface area (Å²) in [6.07, 6.45) is -2.24. The lowest BCUT2D eigenvalue weighted by molar-refractivity contribution is -0.148. The molecule has 0 radical (unpaired) electrons. The quantitative estimate of drug-likeness (QED) is 0.301. The minimum Gasteiger partial charge on any atom is -0.488 e. The van der Waals surface area contributed by atoms with E-state index < -0.39 is 24.4 Å². The SMILES string of the molecule is O=C(C[C@@H](O)C(=O)O)Nc1ccc(OCc2cc(-c3ccccc3)c(-c3ccccc3)s2)cc1. The van der Waals surface area contributed by atoms with Crippen molar-refractivity contribution in [2.24, 2.45) is 0 Å². The number of carboxylic acid groups (broad SMARTS) is 1. The molecular weight excluding hydrogens is 450 g/mol. The molecule has 1 heterocycles. The van der Waals surface area contributed by atoms with Crippen LogP contribution >= 0.6 is 11.3 Å². The summed E-state index contributed by atoms with van der Waals surface area (Å²) in [5.41, 5.74) is 3.96. The van der Waals surface area contributed by atoms with Crippen molar-refractivity contribution in [1.82, 2.24) is 0 Å². The summed E-state index contributed by atoms with van der Waals surface area (Å²) < 4.78 is 5.97. The van der Waals surface area contributed by atoms with Gasteiger partial charge < -0.3 is 20.3 Å². The second-order valence-corrected chi connectivity index (χ2v) is 8.74. The third-order valence-corrected chi connectivity index (χ3v) is 6.24. The van der Waals surface area contributed by atoms with Gasteiger partial charge in [0.1, 0.15) is 12.4 Å². The van der Waals surface area contributed by atoms with Crippen LogP contribution in [0.25, 0.3) is 21.6 Å². The van der Waals surface area contributed by atoms with Crippen LogP contribution in [-0.2, 0) is 16.2 Å². The number of carbonyl (C=O) groups is 2. The number of rotatable bonds is 9. The lowest BCUT2D eigenvalue weighted by Crippen LogP contribution is -2.26. The van der Waals surface area contributed by atoms with Crippen molar-refractivity contribution in [2.45, 2.75) is 19.1 Å². The maximum Gasteiger partial charge on any atom is 0.333 e. The molecule has 7 heteroatoms. The maximum atomic E-state index is 11.8. The lowest BCUT2D eigenvalue weighted by Gasteiger charge is -2.09. The van der Waals surface area contributed by atoms with E-state index in [1.54, 1.807) is 35.6 Å². The molecule has 0 aliphatic rings. The summed E-state index contributed by atoms with van der Waals surface area (Å²) in [7, 11) is 0. The summed E-state index contributed by atoms with van der Waals surface area (Å²) in [6.45, 7) is 0.397. The Labute approximate surface area is 201 Å². The number of hydrogen-bond acceptors (Lipinski definition) is 5. The molecule has 0 bridgehead atoms. The summed E-state index contributed by atoms with van der Waals surface area (Å²) in [4.78, 5) is 24.8. The number of aliphatic hydroxyl groups is 1. The zero-order valence-electron chi connectivity index (χ0n) is 18.2. The van der Waals surface area contributed by atoms with Crippen LogP contribution in [-0.4, -0.2) is 28.2 Å². The molecule has 0 unspecified atom stereocenters. The van der Waals surface area contributed by atoms with Gasteiger partial charge >= 0.3 is 5.97 Å². The van der Waals surface area contributed by atoms with Gasteiger partial charge in [-0.15, -0.1) is 11.3 Å². The third kappa shape index (κ3) is 5.89. The average molecular weight is 474 g/mol. The van der Waals surface area contributed by atoms with Gasteiger partial charge in [-0.3, -0.25) is 4.79 Å². The van der Waals surface area contributed by atoms with Crippen LogP contribution in [0, 0.1) is 0 Å². The maximum absolute atomic E-state index is 11.8. The van der Waals surface area contributed by atoms with Gasteiger partial charge in [0.15, 0.2) is 6.10 Å². The fraction of sp³-hybridized carbons (Fsp3) is 0.111. The van der Waals surface area contributed by atoms with Crippen molar-refractivity contribution in [3.63, 3.8) is 0 Å². The second kappa shape index (κ2) is 10.8. The molecule has 0 saturated carbocycles. The van der Waals surface area contributed by atoms with Gasteiger partial charge in [0.2, 0.25) is 5.91 Å². The molecule has 0 aliphatic heterocycles. The average Bonchev–Trinajstić information content (AvgIpc) is 3.29. The van der Waals surface area contributed by atoms with Crippen molar-refractivity contribution in [1.29, 1.82) is 0 Å². The van der Waals surface area contributed by atoms with Crippen LogP contribution in [0.1, 0.15) is 11.3 Å². The van der Waals surface area contributed by atoms with Crippen LogP contribution in [0.5, 0.6) is 5.75 Å². The first kappa shape index (κ1) is 23.2. The Hall–Kier alpha value is -3.94. The van der Waals surface area contributed by atoms with Crippen LogP contribution < -0.4 is 10.1 Å². The van der Waals surface area contributed by atoms with E-state index in [1.807, 2.05) is 36.4 Å². The molecule has 0 fully saturated rings. The number of thiophene rings is 1. The number of hydrogen-bond donors (Lipinski definition) is 3. The van der Waals surface area contributed by atoms with Crippen LogP contribution in [0.3, 0.4) is 0 Å². The number of aliphatic carboxylic acids is 1. The topological polar surface area (TPSA) is 95.9 Å². The molecule has 1 atom stereocenters. The molecule has 3 aromatic carbocycles. The Bertz CT molecular complexity index is 1200. The van der Waals surface area contributed by atoms with Gasteiger partial charge in [0, 0.05) is 21.0 Å². The lowest BCUT2D eigenvalue weighted by atomic mass is 10.0. The predicted octanol–water partition coefficient (Wildman–Crippen LogP) is 5.44. The number of benzene rings is 3. The first-order chi connectivity index (χ1) is 16.5. The van der Waals surface area contributed by atoms with E-state index in [2.05, 4.69) is 35.6 Å². The smallest absolute Gasteiger partial charge is 0.333 e. The van der Waals surface area contributed by atoms with E-state index in [4.69, 9.17) is 9.84 Å². The molecule has 6 nitrogen and oxygen atoms in total. The molecule has 0 aliphatic carbocycles. The summed E-state index contributed by atoms with van der Waals surface area (Å²) in [5, 5.41) is 20.5. The number of nitrogens with one attached hydrogen (secondary N) is 1. The highest BCUT2D eigenvalue weighted by atomic mass is 32.1. The molecule has 0 saturated heterocycles. The number of carbonyl (C=O) groups excluding carboxylic acids is 1. The molecule has 3 N–H and O–H groups in total. The number of carboxylic acids is 1. The van der Waals surface area contributed by atoms with Crippen molar-refractivity contribution in [2.75, 3.05) is 5.32 Å². The Morgan fingerprint density at radius 1 is 0.882 bits per heavy atom. The summed E-state index contributed by atoms with van der Waals surface area (Å²) in [5.74, 6) is -1.37. The highest BCUT2D eigenvalue weighted by molar-refractivity contribution is 7.16. The molecular formula is C27H23NO5S. The molecule has 4 rings (SSSR count). The fourth-order valence-electron chi connectivity index (χ4n) is 3.41. The van der Waals surface area contributed by atoms with Crippen molar-refractivity contribution in [3.8, 4) is 27.3 Å². The van der Waals surface area contributed by atoms with E-state index in [9.17, 15) is 14.7 Å². The van der Waals surface area contributed by atoms with Crippen molar-refractivity contribution in [3.05, 3.63) is 95.9 Å². The molecule has 4 aromatic rings. The Morgan fingerprint density at radius 2 is 1.50 bits per heavy atom. The fourth-order valence-corrected chi connectivity index (χ4v) is 4.51. The first-order valence-corrected chi connectivity index (χ1v) is 11.5. The monoisotopic (exact) mass is 473 g/mol. The molecule has 34 heavy (non-hydrogen) atoms. The van der Waals surface area contributed by atoms with Gasteiger partial charge in [-0.25, -0.2) is 4.79 Å². The van der Waals surface area contributed by atoms with E-state index >= 15 is 0 Å². The highest BCUT2D eigenvalue weighted by Gasteiger charge is 2.18. The van der Waals surface area contributed by atoms with Gasteiger partial charge in [0.25, 0.3) is 0 Å². The Morgan fingerprint density at radius 3 is 2.12 bits per heavy atom. The molecule has 172 valence electrons. The van der Waals surface area contributed by atoms with Gasteiger partial charge in [-0.2, -0.15) is 0 Å². The minimum absolute atomic E-state index is 0.397. The van der Waals surface area contributed by atoms with E-state index in [0.29, 0.717) is 18.0 Å². The van der Waals surface area contributed by atoms with E-state index in [1.165, 1.54) is 4.88 Å². The normalized spacial score (nSPS) is 11.6. The second-order valence-electron chi connectivity index (χ2n) is 7.61. The standard InChI is InChI=1S/C27H23NO5S/c29-24(27(31)32)16-25(30)28-20-11-13-21(14-12-20)33-17-22-15-23(18-7-3-1-4-8-18)26(34-22)19-9-5-2-6-10-19/h1-15,24,29H,16-17H2,(H,28,30)(H,31,32)/t24-/m1/s1. The third-order valence-electron chi connectivity index (χ3n) is 5.09. The van der Waals surface area contributed by atoms with Gasteiger partial charge in [-0.05, 0) is 41.5 Å². The van der Waals surface area contributed by atoms with Crippen LogP contribution in [0.2, 0.25) is 0 Å². The van der Waals surface area contributed by atoms with Crippen molar-refractivity contribution < 1.29 is 24.5 Å². The number of ether oxygens (including phenoxy) is 1. The Balaban J connectivity index is 1.44. The predicted molar refractivity (Wildman–Crippen MR) is 133 cm³/mol. The van der Waals surface area contributed by atoms with Crippen LogP contribution in [0.4, 0.5) is 5.69 Å². The summed E-state index contributed by atoms with van der Waals surface area (Å²) >= 11 is 1.69. The number of anilines is 1. The number of amides is 1.